The summed E-state index contributed by atoms with van der Waals surface area (Å²) in [4.78, 5) is 15.7. The van der Waals surface area contributed by atoms with Crippen molar-refractivity contribution in [3.63, 3.8) is 0 Å². The van der Waals surface area contributed by atoms with Gasteiger partial charge in [-0.05, 0) is 41.9 Å². The van der Waals surface area contributed by atoms with E-state index in [9.17, 15) is 4.79 Å². The zero-order valence-electron chi connectivity index (χ0n) is 10.1. The van der Waals surface area contributed by atoms with E-state index in [0.29, 0.717) is 5.82 Å². The number of halogens is 1. The quantitative estimate of drug-likeness (QED) is 0.660. The van der Waals surface area contributed by atoms with Crippen LogP contribution in [0.2, 0.25) is 0 Å². The molecule has 1 amide bonds. The van der Waals surface area contributed by atoms with Crippen LogP contribution in [0.1, 0.15) is 13.8 Å². The molecule has 6 heteroatoms. The molecule has 94 valence electrons. The first-order valence-electron chi connectivity index (χ1n) is 5.32. The number of nitrogens with one attached hydrogen (secondary N) is 2. The molecule has 0 aliphatic carbocycles. The van der Waals surface area contributed by atoms with Gasteiger partial charge in [0.25, 0.3) is 5.91 Å². The van der Waals surface area contributed by atoms with Crippen LogP contribution in [0.3, 0.4) is 0 Å². The van der Waals surface area contributed by atoms with Gasteiger partial charge in [-0.2, -0.15) is 5.26 Å². The highest BCUT2D eigenvalue weighted by molar-refractivity contribution is 9.10. The molecule has 0 aliphatic rings. The number of amides is 1. The molecule has 18 heavy (non-hydrogen) atoms. The molecule has 1 aromatic rings. The van der Waals surface area contributed by atoms with Crippen LogP contribution in [-0.4, -0.2) is 16.9 Å². The molecular weight excluding hydrogens is 296 g/mol. The fourth-order valence-corrected chi connectivity index (χ4v) is 1.33. The van der Waals surface area contributed by atoms with E-state index in [2.05, 4.69) is 31.5 Å². The van der Waals surface area contributed by atoms with Crippen LogP contribution < -0.4 is 10.6 Å². The first-order chi connectivity index (χ1) is 8.52. The van der Waals surface area contributed by atoms with Gasteiger partial charge < -0.3 is 10.6 Å². The third-order valence-electron chi connectivity index (χ3n) is 1.88. The van der Waals surface area contributed by atoms with Gasteiger partial charge in [0.15, 0.2) is 0 Å². The lowest BCUT2D eigenvalue weighted by Crippen LogP contribution is -2.31. The molecule has 0 fully saturated rings. The number of pyridine rings is 1. The first kappa shape index (κ1) is 14.2. The van der Waals surface area contributed by atoms with Gasteiger partial charge in [-0.15, -0.1) is 0 Å². The van der Waals surface area contributed by atoms with Crippen LogP contribution >= 0.6 is 15.9 Å². The van der Waals surface area contributed by atoms with Crippen LogP contribution in [0.15, 0.2) is 34.6 Å². The van der Waals surface area contributed by atoms with Crippen molar-refractivity contribution < 1.29 is 4.79 Å². The van der Waals surface area contributed by atoms with Gasteiger partial charge in [0.2, 0.25) is 0 Å². The molecule has 0 bridgehead atoms. The molecule has 1 aromatic heterocycles. The predicted molar refractivity (Wildman–Crippen MR) is 72.5 cm³/mol. The minimum atomic E-state index is -0.405. The molecule has 0 aromatic carbocycles. The van der Waals surface area contributed by atoms with E-state index in [1.165, 1.54) is 6.20 Å². The van der Waals surface area contributed by atoms with E-state index >= 15 is 0 Å². The second-order valence-corrected chi connectivity index (χ2v) is 4.72. The summed E-state index contributed by atoms with van der Waals surface area (Å²) in [6.45, 7) is 3.66. The summed E-state index contributed by atoms with van der Waals surface area (Å²) in [6.07, 6.45) is 2.96. The smallest absolute Gasteiger partial charge is 0.263 e. The molecule has 0 atom stereocenters. The summed E-state index contributed by atoms with van der Waals surface area (Å²) in [5.41, 5.74) is 0.00780. The Balaban J connectivity index is 2.72. The molecule has 0 saturated heterocycles. The Morgan fingerprint density at radius 2 is 2.28 bits per heavy atom. The second-order valence-electron chi connectivity index (χ2n) is 3.80. The number of hydrogen-bond donors (Lipinski definition) is 2. The Bertz CT molecular complexity index is 488. The van der Waals surface area contributed by atoms with Crippen molar-refractivity contribution in [3.05, 3.63) is 34.6 Å². The van der Waals surface area contributed by atoms with Crippen molar-refractivity contribution in [3.8, 4) is 6.07 Å². The lowest BCUT2D eigenvalue weighted by molar-refractivity contribution is -0.117. The van der Waals surface area contributed by atoms with Crippen molar-refractivity contribution >= 4 is 27.7 Å². The van der Waals surface area contributed by atoms with Crippen molar-refractivity contribution in [2.45, 2.75) is 19.9 Å². The molecule has 2 N–H and O–H groups in total. The van der Waals surface area contributed by atoms with Crippen molar-refractivity contribution in [2.24, 2.45) is 0 Å². The Labute approximate surface area is 114 Å². The fourth-order valence-electron chi connectivity index (χ4n) is 1.10. The molecule has 0 spiro atoms. The van der Waals surface area contributed by atoms with Crippen molar-refractivity contribution in [1.82, 2.24) is 10.3 Å². The maximum atomic E-state index is 11.6. The molecule has 0 radical (unpaired) electrons. The number of aromatic nitrogens is 1. The molecule has 5 nitrogen and oxygen atoms in total. The average Bonchev–Trinajstić information content (AvgIpc) is 2.31. The number of nitriles is 1. The SMILES string of the molecule is CC(C)NC(=O)/C(C#N)=C\Nc1ccc(Br)cn1. The van der Waals surface area contributed by atoms with Gasteiger partial charge in [-0.1, -0.05) is 0 Å². The summed E-state index contributed by atoms with van der Waals surface area (Å²) in [5, 5.41) is 14.3. The number of carbonyl (C=O) groups excluding carboxylic acids is 1. The Morgan fingerprint density at radius 3 is 2.78 bits per heavy atom. The van der Waals surface area contributed by atoms with Crippen molar-refractivity contribution in [1.29, 1.82) is 5.26 Å². The third-order valence-corrected chi connectivity index (χ3v) is 2.35. The highest BCUT2D eigenvalue weighted by Gasteiger charge is 2.09. The average molecular weight is 309 g/mol. The summed E-state index contributed by atoms with van der Waals surface area (Å²) in [6, 6.07) is 5.37. The topological polar surface area (TPSA) is 77.8 Å². The Kier molecular flexibility index (Phi) is 5.33. The number of rotatable bonds is 4. The molecule has 0 saturated carbocycles. The van der Waals surface area contributed by atoms with Crippen LogP contribution in [-0.2, 0) is 4.79 Å². The molecular formula is C12H13BrN4O. The lowest BCUT2D eigenvalue weighted by Gasteiger charge is -2.07. The van der Waals surface area contributed by atoms with E-state index < -0.39 is 5.91 Å². The van der Waals surface area contributed by atoms with Crippen molar-refractivity contribution in [2.75, 3.05) is 5.32 Å². The van der Waals surface area contributed by atoms with Crippen LogP contribution in [0.4, 0.5) is 5.82 Å². The minimum Gasteiger partial charge on any atom is -0.349 e. The first-order valence-corrected chi connectivity index (χ1v) is 6.11. The molecule has 0 unspecified atom stereocenters. The monoisotopic (exact) mass is 308 g/mol. The summed E-state index contributed by atoms with van der Waals surface area (Å²) < 4.78 is 0.857. The predicted octanol–water partition coefficient (Wildman–Crippen LogP) is 2.19. The van der Waals surface area contributed by atoms with Crippen LogP contribution in [0.5, 0.6) is 0 Å². The van der Waals surface area contributed by atoms with Crippen LogP contribution in [0.25, 0.3) is 0 Å². The number of nitrogens with zero attached hydrogens (tertiary/aromatic N) is 2. The van der Waals surface area contributed by atoms with E-state index in [1.807, 2.05) is 26.0 Å². The Hall–Kier alpha value is -1.87. The second kappa shape index (κ2) is 6.77. The van der Waals surface area contributed by atoms with Gasteiger partial charge in [0.05, 0.1) is 0 Å². The number of anilines is 1. The number of hydrogen-bond acceptors (Lipinski definition) is 4. The van der Waals surface area contributed by atoms with E-state index in [4.69, 9.17) is 5.26 Å². The third kappa shape index (κ3) is 4.55. The van der Waals surface area contributed by atoms with Gasteiger partial charge >= 0.3 is 0 Å². The minimum absolute atomic E-state index is 0.00780. The van der Waals surface area contributed by atoms with Gasteiger partial charge in [-0.3, -0.25) is 4.79 Å². The summed E-state index contributed by atoms with van der Waals surface area (Å²) in [5.74, 6) is 0.153. The zero-order valence-corrected chi connectivity index (χ0v) is 11.7. The number of carbonyl (C=O) groups is 1. The standard InChI is InChI=1S/C12H13BrN4O/c1-8(2)17-12(18)9(5-14)6-15-11-4-3-10(13)7-16-11/h3-4,6-8H,1-2H3,(H,15,16)(H,17,18)/b9-6-. The zero-order chi connectivity index (χ0) is 13.5. The lowest BCUT2D eigenvalue weighted by atomic mass is 10.2. The van der Waals surface area contributed by atoms with Crippen LogP contribution in [0, 0.1) is 11.3 Å². The van der Waals surface area contributed by atoms with E-state index in [-0.39, 0.29) is 11.6 Å². The highest BCUT2D eigenvalue weighted by Crippen LogP contribution is 2.10. The maximum Gasteiger partial charge on any atom is 0.263 e. The molecule has 1 rings (SSSR count). The fraction of sp³-hybridized carbons (Fsp3) is 0.250. The molecule has 0 aliphatic heterocycles. The van der Waals surface area contributed by atoms with E-state index in [1.54, 1.807) is 12.3 Å². The normalized spacial score (nSPS) is 10.9. The van der Waals surface area contributed by atoms with Gasteiger partial charge in [0.1, 0.15) is 17.5 Å². The maximum absolute atomic E-state index is 11.6. The Morgan fingerprint density at radius 1 is 1.56 bits per heavy atom. The van der Waals surface area contributed by atoms with Gasteiger partial charge in [0, 0.05) is 22.9 Å². The summed E-state index contributed by atoms with van der Waals surface area (Å²) in [7, 11) is 0. The summed E-state index contributed by atoms with van der Waals surface area (Å²) >= 11 is 3.27. The van der Waals surface area contributed by atoms with Gasteiger partial charge in [-0.25, -0.2) is 4.98 Å². The largest absolute Gasteiger partial charge is 0.349 e. The molecule has 1 heterocycles. The van der Waals surface area contributed by atoms with E-state index in [0.717, 1.165) is 4.47 Å². The highest BCUT2D eigenvalue weighted by atomic mass is 79.9.